The standard InChI is InChI=1S/C19H25NO/c1-14-10-15(2)19(16(3)11-14)12-17(20-4)13-21-18-8-6-5-7-9-18/h5-11,17,20H,12-13H2,1-4H3. The molecule has 0 heterocycles. The number of hydrogen-bond acceptors (Lipinski definition) is 2. The van der Waals surface area contributed by atoms with E-state index >= 15 is 0 Å². The first-order valence-electron chi connectivity index (χ1n) is 7.52. The minimum Gasteiger partial charge on any atom is -0.492 e. The average molecular weight is 283 g/mol. The number of hydrogen-bond donors (Lipinski definition) is 1. The molecule has 0 aliphatic rings. The van der Waals surface area contributed by atoms with E-state index in [-0.39, 0.29) is 0 Å². The molecule has 0 spiro atoms. The second kappa shape index (κ2) is 7.28. The lowest BCUT2D eigenvalue weighted by atomic mass is 9.94. The highest BCUT2D eigenvalue weighted by molar-refractivity contribution is 5.38. The summed E-state index contributed by atoms with van der Waals surface area (Å²) in [6, 6.07) is 14.8. The molecule has 0 aromatic heterocycles. The first kappa shape index (κ1) is 15.6. The molecule has 0 fully saturated rings. The van der Waals surface area contributed by atoms with Crippen molar-refractivity contribution in [2.24, 2.45) is 0 Å². The Labute approximate surface area is 128 Å². The average Bonchev–Trinajstić information content (AvgIpc) is 2.47. The lowest BCUT2D eigenvalue weighted by Crippen LogP contribution is -2.34. The molecule has 0 aliphatic heterocycles. The van der Waals surface area contributed by atoms with Crippen LogP contribution >= 0.6 is 0 Å². The lowest BCUT2D eigenvalue weighted by Gasteiger charge is -2.20. The van der Waals surface area contributed by atoms with E-state index in [1.54, 1.807) is 0 Å². The number of nitrogens with one attached hydrogen (secondary N) is 1. The van der Waals surface area contributed by atoms with E-state index in [1.807, 2.05) is 37.4 Å². The predicted octanol–water partition coefficient (Wildman–Crippen LogP) is 3.82. The third kappa shape index (κ3) is 4.33. The van der Waals surface area contributed by atoms with E-state index in [0.717, 1.165) is 12.2 Å². The zero-order chi connectivity index (χ0) is 15.2. The van der Waals surface area contributed by atoms with Gasteiger partial charge >= 0.3 is 0 Å². The molecule has 1 unspecified atom stereocenters. The van der Waals surface area contributed by atoms with E-state index in [0.29, 0.717) is 12.6 Å². The van der Waals surface area contributed by atoms with Crippen molar-refractivity contribution < 1.29 is 4.74 Å². The van der Waals surface area contributed by atoms with Gasteiger partial charge < -0.3 is 10.1 Å². The molecule has 2 aromatic carbocycles. The van der Waals surface area contributed by atoms with Crippen molar-refractivity contribution in [2.75, 3.05) is 13.7 Å². The highest BCUT2D eigenvalue weighted by Gasteiger charge is 2.12. The van der Waals surface area contributed by atoms with Gasteiger partial charge in [-0.15, -0.1) is 0 Å². The first-order chi connectivity index (χ1) is 10.1. The van der Waals surface area contributed by atoms with E-state index in [2.05, 4.69) is 38.2 Å². The van der Waals surface area contributed by atoms with Gasteiger partial charge in [-0.2, -0.15) is 0 Å². The Morgan fingerprint density at radius 1 is 1.00 bits per heavy atom. The maximum atomic E-state index is 5.87. The second-order valence-electron chi connectivity index (χ2n) is 5.69. The zero-order valence-corrected chi connectivity index (χ0v) is 13.4. The fourth-order valence-electron chi connectivity index (χ4n) is 2.74. The van der Waals surface area contributed by atoms with Crippen LogP contribution in [-0.4, -0.2) is 19.7 Å². The minimum absolute atomic E-state index is 0.310. The van der Waals surface area contributed by atoms with Crippen molar-refractivity contribution in [3.63, 3.8) is 0 Å². The number of benzene rings is 2. The molecular weight excluding hydrogens is 258 g/mol. The fourth-order valence-corrected chi connectivity index (χ4v) is 2.74. The summed E-state index contributed by atoms with van der Waals surface area (Å²) < 4.78 is 5.87. The normalized spacial score (nSPS) is 12.2. The Morgan fingerprint density at radius 2 is 1.62 bits per heavy atom. The van der Waals surface area contributed by atoms with Crippen molar-refractivity contribution in [3.05, 3.63) is 64.7 Å². The summed E-state index contributed by atoms with van der Waals surface area (Å²) in [5.41, 5.74) is 5.49. The molecule has 2 heteroatoms. The molecule has 0 bridgehead atoms. The molecule has 0 amide bonds. The van der Waals surface area contributed by atoms with Gasteiger partial charge in [0.05, 0.1) is 0 Å². The number of likely N-dealkylation sites (N-methyl/N-ethyl adjacent to an activating group) is 1. The third-order valence-corrected chi connectivity index (χ3v) is 3.89. The Bertz CT molecular complexity index is 554. The van der Waals surface area contributed by atoms with Crippen LogP contribution in [0.2, 0.25) is 0 Å². The van der Waals surface area contributed by atoms with Crippen LogP contribution in [0, 0.1) is 20.8 Å². The highest BCUT2D eigenvalue weighted by atomic mass is 16.5. The summed E-state index contributed by atoms with van der Waals surface area (Å²) in [4.78, 5) is 0. The van der Waals surface area contributed by atoms with E-state index in [1.165, 1.54) is 22.3 Å². The molecule has 2 rings (SSSR count). The summed E-state index contributed by atoms with van der Waals surface area (Å²) in [5, 5.41) is 3.36. The predicted molar refractivity (Wildman–Crippen MR) is 89.1 cm³/mol. The summed E-state index contributed by atoms with van der Waals surface area (Å²) in [5.74, 6) is 0.926. The number of para-hydroxylation sites is 1. The van der Waals surface area contributed by atoms with Gasteiger partial charge in [0.15, 0.2) is 0 Å². The number of ether oxygens (including phenoxy) is 1. The van der Waals surface area contributed by atoms with Gasteiger partial charge in [-0.3, -0.25) is 0 Å². The maximum absolute atomic E-state index is 5.87. The van der Waals surface area contributed by atoms with Gasteiger partial charge in [0, 0.05) is 6.04 Å². The Morgan fingerprint density at radius 3 is 2.19 bits per heavy atom. The van der Waals surface area contributed by atoms with Gasteiger partial charge in [-0.1, -0.05) is 35.9 Å². The van der Waals surface area contributed by atoms with Gasteiger partial charge in [0.2, 0.25) is 0 Å². The Kier molecular flexibility index (Phi) is 5.40. The molecule has 2 nitrogen and oxygen atoms in total. The lowest BCUT2D eigenvalue weighted by molar-refractivity contribution is 0.269. The number of aryl methyl sites for hydroxylation is 3. The van der Waals surface area contributed by atoms with E-state index in [4.69, 9.17) is 4.74 Å². The summed E-state index contributed by atoms with van der Waals surface area (Å²) in [6.07, 6.45) is 0.987. The molecular formula is C19H25NO. The molecule has 0 saturated carbocycles. The molecule has 2 aromatic rings. The summed E-state index contributed by atoms with van der Waals surface area (Å²) in [6.45, 7) is 7.21. The minimum atomic E-state index is 0.310. The SMILES string of the molecule is CNC(COc1ccccc1)Cc1c(C)cc(C)cc1C. The summed E-state index contributed by atoms with van der Waals surface area (Å²) >= 11 is 0. The quantitative estimate of drug-likeness (QED) is 0.870. The van der Waals surface area contributed by atoms with Crippen molar-refractivity contribution in [3.8, 4) is 5.75 Å². The largest absolute Gasteiger partial charge is 0.492 e. The number of rotatable bonds is 6. The van der Waals surface area contributed by atoms with Crippen LogP contribution in [0.25, 0.3) is 0 Å². The van der Waals surface area contributed by atoms with Crippen LogP contribution in [0.3, 0.4) is 0 Å². The van der Waals surface area contributed by atoms with Crippen molar-refractivity contribution in [1.29, 1.82) is 0 Å². The topological polar surface area (TPSA) is 21.3 Å². The fraction of sp³-hybridized carbons (Fsp3) is 0.368. The monoisotopic (exact) mass is 283 g/mol. The van der Waals surface area contributed by atoms with Gasteiger partial charge in [0.1, 0.15) is 12.4 Å². The molecule has 21 heavy (non-hydrogen) atoms. The molecule has 0 saturated heterocycles. The second-order valence-corrected chi connectivity index (χ2v) is 5.69. The van der Waals surface area contributed by atoms with Crippen LogP contribution < -0.4 is 10.1 Å². The first-order valence-corrected chi connectivity index (χ1v) is 7.52. The van der Waals surface area contributed by atoms with Gasteiger partial charge in [-0.25, -0.2) is 0 Å². The smallest absolute Gasteiger partial charge is 0.119 e. The molecule has 0 radical (unpaired) electrons. The third-order valence-electron chi connectivity index (χ3n) is 3.89. The highest BCUT2D eigenvalue weighted by Crippen LogP contribution is 2.18. The van der Waals surface area contributed by atoms with Gasteiger partial charge in [0.25, 0.3) is 0 Å². The Balaban J connectivity index is 2.02. The van der Waals surface area contributed by atoms with Crippen LogP contribution in [0.1, 0.15) is 22.3 Å². The van der Waals surface area contributed by atoms with Crippen LogP contribution in [0.4, 0.5) is 0 Å². The summed E-state index contributed by atoms with van der Waals surface area (Å²) in [7, 11) is 2.00. The molecule has 112 valence electrons. The van der Waals surface area contributed by atoms with Crippen LogP contribution in [-0.2, 0) is 6.42 Å². The van der Waals surface area contributed by atoms with E-state index < -0.39 is 0 Å². The molecule has 1 N–H and O–H groups in total. The zero-order valence-electron chi connectivity index (χ0n) is 13.4. The molecule has 0 aliphatic carbocycles. The Hall–Kier alpha value is -1.80. The van der Waals surface area contributed by atoms with Gasteiger partial charge in [-0.05, 0) is 63.1 Å². The van der Waals surface area contributed by atoms with E-state index in [9.17, 15) is 0 Å². The maximum Gasteiger partial charge on any atom is 0.119 e. The van der Waals surface area contributed by atoms with Crippen molar-refractivity contribution >= 4 is 0 Å². The van der Waals surface area contributed by atoms with Crippen molar-refractivity contribution in [1.82, 2.24) is 5.32 Å². The van der Waals surface area contributed by atoms with Crippen molar-refractivity contribution in [2.45, 2.75) is 33.2 Å². The molecule has 1 atom stereocenters. The van der Waals surface area contributed by atoms with Crippen LogP contribution in [0.5, 0.6) is 5.75 Å². The van der Waals surface area contributed by atoms with Crippen LogP contribution in [0.15, 0.2) is 42.5 Å².